The van der Waals surface area contributed by atoms with Gasteiger partial charge < -0.3 is 29.3 Å². The van der Waals surface area contributed by atoms with Gasteiger partial charge in [0, 0.05) is 79.1 Å². The van der Waals surface area contributed by atoms with Gasteiger partial charge in [0.15, 0.2) is 0 Å². The molecule has 0 radical (unpaired) electrons. The zero-order valence-electron chi connectivity index (χ0n) is 39.3. The Kier molecular flexibility index (Phi) is 18.1. The molecule has 0 atom stereocenters. The molecule has 0 aliphatic carbocycles. The van der Waals surface area contributed by atoms with Gasteiger partial charge in [-0.2, -0.15) is 6.41 Å². The molecule has 0 spiro atoms. The summed E-state index contributed by atoms with van der Waals surface area (Å²) in [5.41, 5.74) is 7.44. The fourth-order valence-corrected chi connectivity index (χ4v) is 12.7. The third kappa shape index (κ3) is 11.9. The Morgan fingerprint density at radius 3 is 0.848 bits per heavy atom. The predicted octanol–water partition coefficient (Wildman–Crippen LogP) is 10.4. The molecule has 8 aromatic carbocycles. The molecule has 0 N–H and O–H groups in total. The van der Waals surface area contributed by atoms with Gasteiger partial charge in [-0.05, 0) is 143 Å². The standard InChI is InChI=1S/C52H52N4P2.C3H6NO.2ClH.Ru/c1-53(2)39-19-27-43(28-20-39)57(44-29-21-40(22-30-44)54(3)4)49-35-17-37-13-9-11-15-47(37)51(49)52-48-16-12-10-14-38(48)18-36-50(52)58(45-31-23-41(24-32-45)55(5)6)46-33-25-42(26-34-46)56(7)8;1-4(2)3-5;;;/h9-36H,1-8H3;1-2H3;2*1H;/q;-1;;;+2/p-2. The van der Waals surface area contributed by atoms with E-state index in [1.54, 1.807) is 20.5 Å². The Morgan fingerprint density at radius 1 is 0.379 bits per heavy atom. The van der Waals surface area contributed by atoms with Crippen LogP contribution in [0, 0.1) is 0 Å². The second kappa shape index (κ2) is 23.6. The number of amides is 1. The average molecular weight is 1040 g/mol. The Bertz CT molecular complexity index is 2530. The first-order chi connectivity index (χ1) is 31.8. The van der Waals surface area contributed by atoms with Gasteiger partial charge in [0.2, 0.25) is 0 Å². The topological polar surface area (TPSA) is 33.3 Å². The van der Waals surface area contributed by atoms with E-state index in [9.17, 15) is 4.79 Å². The summed E-state index contributed by atoms with van der Waals surface area (Å²) in [7, 11) is 27.9. The Labute approximate surface area is 410 Å². The van der Waals surface area contributed by atoms with Crippen molar-refractivity contribution in [1.82, 2.24) is 4.90 Å². The zero-order chi connectivity index (χ0) is 47.5. The molecule has 342 valence electrons. The molecule has 0 heterocycles. The number of hydrogen-bond donors (Lipinski definition) is 0. The maximum atomic E-state index is 9.31. The van der Waals surface area contributed by atoms with Gasteiger partial charge in [-0.25, -0.2) is 0 Å². The van der Waals surface area contributed by atoms with Crippen LogP contribution in [0.15, 0.2) is 170 Å². The molecule has 6 nitrogen and oxygen atoms in total. The van der Waals surface area contributed by atoms with Crippen molar-refractivity contribution in [2.75, 3.05) is 90.1 Å². The van der Waals surface area contributed by atoms with Crippen LogP contribution in [0.1, 0.15) is 0 Å². The van der Waals surface area contributed by atoms with E-state index in [1.807, 2.05) is 0 Å². The third-order valence-corrected chi connectivity index (χ3v) is 16.2. The van der Waals surface area contributed by atoms with Crippen LogP contribution in [0.3, 0.4) is 0 Å². The fourth-order valence-electron chi connectivity index (χ4n) is 7.87. The first-order valence-electron chi connectivity index (χ1n) is 21.4. The van der Waals surface area contributed by atoms with E-state index in [1.165, 1.54) is 92.1 Å². The van der Waals surface area contributed by atoms with Gasteiger partial charge in [0.1, 0.15) is 0 Å². The molecule has 0 aliphatic rings. The molecule has 0 aromatic heterocycles. The summed E-state index contributed by atoms with van der Waals surface area (Å²) >= 11 is -0.346. The van der Waals surface area contributed by atoms with Crippen LogP contribution < -0.4 is 51.4 Å². The van der Waals surface area contributed by atoms with Crippen LogP contribution in [-0.4, -0.2) is 81.8 Å². The number of rotatable bonds is 12. The number of hydrogen-bond acceptors (Lipinski definition) is 5. The van der Waals surface area contributed by atoms with Gasteiger partial charge in [-0.15, -0.1) is 0 Å². The molecular weight excluding hydrogens is 981 g/mol. The summed E-state index contributed by atoms with van der Waals surface area (Å²) in [5.74, 6) is 0. The summed E-state index contributed by atoms with van der Waals surface area (Å²) in [5, 5.41) is 13.1. The van der Waals surface area contributed by atoms with Crippen LogP contribution >= 0.6 is 35.2 Å². The number of anilines is 4. The SMILES string of the molecule is CN(C)[C-]=O.CN(C)c1ccc(P(c2ccc(N(C)C)cc2)c2ccc3ccccc3c2-c2c(P(c3ccc(N(C)C)cc3)c3ccc(N(C)C)cc3)ccc3ccccc23)cc1.[Cl][Ru][Cl]. The van der Waals surface area contributed by atoms with Crippen molar-refractivity contribution in [3.63, 3.8) is 0 Å². The van der Waals surface area contributed by atoms with Crippen LogP contribution in [0.4, 0.5) is 22.7 Å². The summed E-state index contributed by atoms with van der Waals surface area (Å²) in [6.07, 6.45) is 1.61. The summed E-state index contributed by atoms with van der Waals surface area (Å²) in [6, 6.07) is 64.6. The summed E-state index contributed by atoms with van der Waals surface area (Å²) in [6.45, 7) is 0. The number of nitrogens with zero attached hydrogens (tertiary/aromatic N) is 5. The molecule has 0 saturated heterocycles. The van der Waals surface area contributed by atoms with E-state index >= 15 is 0 Å². The first kappa shape index (κ1) is 50.4. The van der Waals surface area contributed by atoms with Crippen molar-refractivity contribution in [2.45, 2.75) is 0 Å². The minimum atomic E-state index is -0.987. The van der Waals surface area contributed by atoms with Crippen LogP contribution in [0.25, 0.3) is 32.7 Å². The van der Waals surface area contributed by atoms with Crippen molar-refractivity contribution >= 4 is 118 Å². The van der Waals surface area contributed by atoms with Crippen LogP contribution in [0.2, 0.25) is 0 Å². The molecule has 0 unspecified atom stereocenters. The molecule has 0 saturated carbocycles. The van der Waals surface area contributed by atoms with Gasteiger partial charge in [0.25, 0.3) is 0 Å². The third-order valence-electron chi connectivity index (χ3n) is 11.2. The van der Waals surface area contributed by atoms with Crippen LogP contribution in [-0.2, 0) is 19.9 Å². The molecule has 1 amide bonds. The van der Waals surface area contributed by atoms with Gasteiger partial charge in [0.05, 0.1) is 0 Å². The quantitative estimate of drug-likeness (QED) is 0.0527. The van der Waals surface area contributed by atoms with E-state index in [0.29, 0.717) is 0 Å². The van der Waals surface area contributed by atoms with Crippen LogP contribution in [0.5, 0.6) is 0 Å². The van der Waals surface area contributed by atoms with Gasteiger partial charge in [-0.1, -0.05) is 121 Å². The van der Waals surface area contributed by atoms with Crippen molar-refractivity contribution < 1.29 is 19.9 Å². The minimum absolute atomic E-state index is 0.346. The van der Waals surface area contributed by atoms with E-state index < -0.39 is 15.8 Å². The first-order valence-corrected chi connectivity index (χ1v) is 28.6. The molecular formula is C55H58Cl2N5OP2Ru-. The molecule has 8 aromatic rings. The summed E-state index contributed by atoms with van der Waals surface area (Å²) in [4.78, 5) is 19.3. The molecule has 0 fully saturated rings. The summed E-state index contributed by atoms with van der Waals surface area (Å²) < 4.78 is 0. The molecule has 8 rings (SSSR count). The van der Waals surface area contributed by atoms with E-state index in [0.717, 1.165) is 0 Å². The zero-order valence-corrected chi connectivity index (χ0v) is 44.4. The van der Waals surface area contributed by atoms with Crippen molar-refractivity contribution in [2.24, 2.45) is 0 Å². The van der Waals surface area contributed by atoms with E-state index in [-0.39, 0.29) is 15.1 Å². The number of carbonyl (C=O) groups excluding carboxylic acids is 1. The normalized spacial score (nSPS) is 10.9. The fraction of sp³-hybridized carbons (Fsp3) is 0.182. The Hall–Kier alpha value is -4.99. The number of halogens is 2. The number of fused-ring (bicyclic) bond motifs is 2. The molecule has 0 aliphatic heterocycles. The second-order valence-corrected chi connectivity index (χ2v) is 23.7. The van der Waals surface area contributed by atoms with E-state index in [2.05, 4.69) is 246 Å². The molecule has 66 heavy (non-hydrogen) atoms. The molecule has 0 bridgehead atoms. The van der Waals surface area contributed by atoms with Crippen molar-refractivity contribution in [3.8, 4) is 11.1 Å². The van der Waals surface area contributed by atoms with Crippen molar-refractivity contribution in [3.05, 3.63) is 170 Å². The monoisotopic (exact) mass is 1040 g/mol. The van der Waals surface area contributed by atoms with Crippen molar-refractivity contribution in [1.29, 1.82) is 0 Å². The molecule has 11 heteroatoms. The Balaban J connectivity index is 0.000000834. The second-order valence-electron chi connectivity index (χ2n) is 16.7. The predicted molar refractivity (Wildman–Crippen MR) is 293 cm³/mol. The van der Waals surface area contributed by atoms with Gasteiger partial charge in [-0.3, -0.25) is 0 Å². The van der Waals surface area contributed by atoms with Gasteiger partial charge >= 0.3 is 34.5 Å². The average Bonchev–Trinajstić information content (AvgIpc) is 3.32. The van der Waals surface area contributed by atoms with E-state index in [4.69, 9.17) is 19.4 Å². The maximum absolute atomic E-state index is 9.31. The number of benzene rings is 8. The Morgan fingerprint density at radius 2 is 0.621 bits per heavy atom.